The molecule has 0 unspecified atom stereocenters. The average molecular weight is 687 g/mol. The number of allylic oxidation sites excluding steroid dienone is 1. The molecule has 6 aliphatic rings. The maximum Gasteiger partial charge on any atom is 0.339 e. The molecule has 6 fully saturated rings. The molecule has 1 N–H and O–H groups in total. The molecule has 1 amide bonds. The molecule has 7 rings (SSSR count). The van der Waals surface area contributed by atoms with Crippen molar-refractivity contribution in [3.8, 4) is 0 Å². The molecule has 1 saturated heterocycles. The Kier molecular flexibility index (Phi) is 8.72. The van der Waals surface area contributed by atoms with Crippen LogP contribution in [0, 0.1) is 56.7 Å². The second-order valence-electron chi connectivity index (χ2n) is 19.0. The fraction of sp³-hybridized carbons (Fsp3) is 0.744. The van der Waals surface area contributed by atoms with Crippen LogP contribution in [0.2, 0.25) is 0 Å². The number of benzene rings is 1. The van der Waals surface area contributed by atoms with Gasteiger partial charge in [0.2, 0.25) is 5.91 Å². The Hall–Kier alpha value is -2.67. The van der Waals surface area contributed by atoms with Gasteiger partial charge in [-0.25, -0.2) is 9.59 Å². The highest BCUT2D eigenvalue weighted by atomic mass is 16.5. The van der Waals surface area contributed by atoms with Crippen LogP contribution in [0.15, 0.2) is 36.4 Å². The van der Waals surface area contributed by atoms with Crippen LogP contribution < -0.4 is 0 Å². The molecule has 0 bridgehead atoms. The van der Waals surface area contributed by atoms with Gasteiger partial charge in [-0.1, -0.05) is 58.9 Å². The van der Waals surface area contributed by atoms with Gasteiger partial charge < -0.3 is 19.6 Å². The minimum atomic E-state index is -1.11. The van der Waals surface area contributed by atoms with Crippen molar-refractivity contribution in [3.05, 3.63) is 47.5 Å². The fourth-order valence-corrected chi connectivity index (χ4v) is 14.1. The Labute approximate surface area is 300 Å². The monoisotopic (exact) mass is 686 g/mol. The molecule has 0 spiro atoms. The van der Waals surface area contributed by atoms with Gasteiger partial charge in [0, 0.05) is 31.6 Å². The highest BCUT2D eigenvalue weighted by molar-refractivity contribution is 6.02. The second kappa shape index (κ2) is 12.2. The lowest BCUT2D eigenvalue weighted by molar-refractivity contribution is -0.247. The number of fused-ring (bicyclic) bond motifs is 7. The Morgan fingerprint density at radius 3 is 2.14 bits per heavy atom. The predicted octanol–water partition coefficient (Wildman–Crippen LogP) is 8.34. The van der Waals surface area contributed by atoms with E-state index in [1.165, 1.54) is 24.5 Å². The third-order valence-electron chi connectivity index (χ3n) is 16.8. The maximum absolute atomic E-state index is 14.7. The Morgan fingerprint density at radius 2 is 1.48 bits per heavy atom. The van der Waals surface area contributed by atoms with Crippen LogP contribution in [-0.2, 0) is 9.53 Å². The van der Waals surface area contributed by atoms with Crippen molar-refractivity contribution in [1.82, 2.24) is 9.80 Å². The number of hydrogen-bond donors (Lipinski definition) is 1. The molecule has 274 valence electrons. The van der Waals surface area contributed by atoms with E-state index in [9.17, 15) is 19.5 Å². The lowest BCUT2D eigenvalue weighted by Crippen LogP contribution is -2.67. The smallest absolute Gasteiger partial charge is 0.339 e. The number of carboxylic acids is 1. The largest absolute Gasteiger partial charge is 0.478 e. The van der Waals surface area contributed by atoms with Gasteiger partial charge in [0.1, 0.15) is 6.10 Å². The average Bonchev–Trinajstić information content (AvgIpc) is 3.47. The normalized spacial score (nSPS) is 42.3. The summed E-state index contributed by atoms with van der Waals surface area (Å²) in [6.07, 6.45) is 10.4. The molecule has 1 aliphatic heterocycles. The second-order valence-corrected chi connectivity index (χ2v) is 19.0. The molecular weight excluding hydrogens is 624 g/mol. The first-order valence-electron chi connectivity index (χ1n) is 19.7. The predicted molar refractivity (Wildman–Crippen MR) is 196 cm³/mol. The highest BCUT2D eigenvalue weighted by Crippen LogP contribution is 2.77. The number of hydrogen-bond acceptors (Lipinski definition) is 5. The van der Waals surface area contributed by atoms with Crippen molar-refractivity contribution in [2.75, 3.05) is 33.2 Å². The molecule has 0 radical (unpaired) electrons. The zero-order valence-corrected chi connectivity index (χ0v) is 31.9. The van der Waals surface area contributed by atoms with Crippen molar-refractivity contribution >= 4 is 17.8 Å². The fourth-order valence-electron chi connectivity index (χ4n) is 14.1. The summed E-state index contributed by atoms with van der Waals surface area (Å²) in [5.74, 6) is 1.06. The molecule has 1 aromatic rings. The number of rotatable bonds is 5. The Balaban J connectivity index is 1.16. The van der Waals surface area contributed by atoms with E-state index in [2.05, 4.69) is 65.0 Å². The number of ether oxygens (including phenoxy) is 1. The van der Waals surface area contributed by atoms with Gasteiger partial charge in [0.05, 0.1) is 16.5 Å². The van der Waals surface area contributed by atoms with Gasteiger partial charge in [-0.15, -0.1) is 0 Å². The number of piperazine rings is 1. The van der Waals surface area contributed by atoms with Gasteiger partial charge >= 0.3 is 11.9 Å². The number of amides is 1. The van der Waals surface area contributed by atoms with Crippen LogP contribution in [0.5, 0.6) is 0 Å². The molecule has 5 aliphatic carbocycles. The van der Waals surface area contributed by atoms with E-state index in [1.807, 2.05) is 0 Å². The van der Waals surface area contributed by atoms with E-state index < -0.39 is 11.9 Å². The van der Waals surface area contributed by atoms with Gasteiger partial charge in [-0.05, 0) is 136 Å². The van der Waals surface area contributed by atoms with Crippen molar-refractivity contribution in [2.24, 2.45) is 56.7 Å². The molecule has 1 heterocycles. The van der Waals surface area contributed by atoms with Crippen molar-refractivity contribution in [1.29, 1.82) is 0 Å². The van der Waals surface area contributed by atoms with Crippen LogP contribution >= 0.6 is 0 Å². The third-order valence-corrected chi connectivity index (χ3v) is 16.8. The number of nitrogens with zero attached hydrogens (tertiary/aromatic N) is 2. The van der Waals surface area contributed by atoms with E-state index in [0.717, 1.165) is 77.5 Å². The third kappa shape index (κ3) is 5.01. The minimum absolute atomic E-state index is 0.00715. The first-order chi connectivity index (χ1) is 23.5. The van der Waals surface area contributed by atoms with Gasteiger partial charge in [0.15, 0.2) is 0 Å². The summed E-state index contributed by atoms with van der Waals surface area (Å²) in [5, 5.41) is 9.72. The first kappa shape index (κ1) is 35.7. The highest BCUT2D eigenvalue weighted by Gasteiger charge is 2.72. The van der Waals surface area contributed by atoms with Gasteiger partial charge in [-0.3, -0.25) is 4.79 Å². The van der Waals surface area contributed by atoms with Gasteiger partial charge in [0.25, 0.3) is 0 Å². The summed E-state index contributed by atoms with van der Waals surface area (Å²) < 4.78 is 6.27. The molecule has 1 aromatic carbocycles. The summed E-state index contributed by atoms with van der Waals surface area (Å²) in [6, 6.07) is 6.39. The summed E-state index contributed by atoms with van der Waals surface area (Å²) in [5.41, 5.74) is 1.32. The molecule has 7 nitrogen and oxygen atoms in total. The van der Waals surface area contributed by atoms with Gasteiger partial charge in [-0.2, -0.15) is 0 Å². The Bertz CT molecular complexity index is 1560. The molecule has 0 aromatic heterocycles. The van der Waals surface area contributed by atoms with Crippen LogP contribution in [0.1, 0.15) is 126 Å². The van der Waals surface area contributed by atoms with Crippen LogP contribution in [0.4, 0.5) is 0 Å². The summed E-state index contributed by atoms with van der Waals surface area (Å²) in [4.78, 5) is 44.7. The maximum atomic E-state index is 14.7. The van der Waals surface area contributed by atoms with E-state index in [4.69, 9.17) is 4.74 Å². The number of esters is 1. The van der Waals surface area contributed by atoms with E-state index in [-0.39, 0.29) is 44.3 Å². The topological polar surface area (TPSA) is 87.2 Å². The molecule has 5 saturated carbocycles. The van der Waals surface area contributed by atoms with Crippen molar-refractivity contribution in [3.63, 3.8) is 0 Å². The number of carbonyl (C=O) groups is 3. The molecule has 50 heavy (non-hydrogen) atoms. The zero-order chi connectivity index (χ0) is 36.0. The van der Waals surface area contributed by atoms with Crippen LogP contribution in [-0.4, -0.2) is 72.1 Å². The van der Waals surface area contributed by atoms with E-state index >= 15 is 0 Å². The quantitative estimate of drug-likeness (QED) is 0.248. The number of carboxylic acid groups (broad SMARTS) is 1. The van der Waals surface area contributed by atoms with Crippen molar-refractivity contribution in [2.45, 2.75) is 112 Å². The lowest BCUT2D eigenvalue weighted by atomic mass is 9.32. The van der Waals surface area contributed by atoms with E-state index in [1.54, 1.807) is 18.2 Å². The first-order valence-corrected chi connectivity index (χ1v) is 19.7. The SMILES string of the molecule is C=C(C)[C@@H]1CC[C@]2(C(=O)N3CCN(C)CC3)CC[C@]3(C)[C@H](CC[C@@H]4[C@@]5(C)CC[C@H](OC(=O)c6ccccc6C(=O)O)C(C)(C)[C@@H]5CC[C@]43C)[C@@H]12. The number of carbonyl (C=O) groups excluding carboxylic acids is 2. The molecular formula is C43H62N2O5. The standard InChI is InChI=1S/C43H62N2O5/c1-27(2)28-15-20-43(38(49)45-25-23-44(8)24-26-45)22-21-41(6)31(35(28)43)13-14-33-40(5)18-17-34(39(3,4)32(40)16-19-42(33,41)7)50-37(48)30-12-10-9-11-29(30)36(46)47/h9-12,28,31-35H,1,13-26H2,2-8H3,(H,46,47)/t28-,31+,32-,33+,34-,35+,40-,41+,42+,43-/m0/s1. The summed E-state index contributed by atoms with van der Waals surface area (Å²) in [7, 11) is 2.16. The number of likely N-dealkylation sites (N-methyl/N-ethyl adjacent to an activating group) is 1. The summed E-state index contributed by atoms with van der Waals surface area (Å²) >= 11 is 0. The van der Waals surface area contributed by atoms with Crippen LogP contribution in [0.25, 0.3) is 0 Å². The minimum Gasteiger partial charge on any atom is -0.478 e. The molecule has 10 atom stereocenters. The summed E-state index contributed by atoms with van der Waals surface area (Å²) in [6.45, 7) is 22.8. The zero-order valence-electron chi connectivity index (χ0n) is 31.9. The molecule has 7 heteroatoms. The van der Waals surface area contributed by atoms with E-state index in [0.29, 0.717) is 35.5 Å². The Morgan fingerprint density at radius 1 is 0.800 bits per heavy atom. The lowest BCUT2D eigenvalue weighted by Gasteiger charge is -2.73. The number of aromatic carboxylic acids is 1. The van der Waals surface area contributed by atoms with Crippen molar-refractivity contribution < 1.29 is 24.2 Å². The van der Waals surface area contributed by atoms with Crippen LogP contribution in [0.3, 0.4) is 0 Å².